The number of nitrogens with one attached hydrogen (secondary N) is 1. The number of rotatable bonds is 6. The minimum Gasteiger partial charge on any atom is -0.508 e. The zero-order valence-electron chi connectivity index (χ0n) is 17.7. The summed E-state index contributed by atoms with van der Waals surface area (Å²) in [5.74, 6) is -1.45. The van der Waals surface area contributed by atoms with Crippen molar-refractivity contribution < 1.29 is 29.6 Å². The maximum absolute atomic E-state index is 13.2. The van der Waals surface area contributed by atoms with Crippen LogP contribution in [0.5, 0.6) is 11.5 Å². The van der Waals surface area contributed by atoms with Gasteiger partial charge >= 0.3 is 11.9 Å². The Labute approximate surface area is 184 Å². The number of phenolic OH excluding ortho intramolecular Hbond substituents is 2. The molecule has 3 aromatic carbocycles. The van der Waals surface area contributed by atoms with Gasteiger partial charge in [0.1, 0.15) is 11.5 Å². The molecule has 0 aromatic heterocycles. The molecule has 4 N–H and O–H groups in total. The van der Waals surface area contributed by atoms with E-state index in [0.29, 0.717) is 38.9 Å². The van der Waals surface area contributed by atoms with E-state index in [1.54, 1.807) is 68.4 Å². The average molecular weight is 433 g/mol. The number of aromatic hydroxyl groups is 2. The van der Waals surface area contributed by atoms with Crippen LogP contribution in [0.15, 0.2) is 54.6 Å². The largest absolute Gasteiger partial charge is 0.508 e. The zero-order chi connectivity index (χ0) is 23.0. The Kier molecular flexibility index (Phi) is 5.36. The molecule has 0 atom stereocenters. The Hall–Kier alpha value is -3.84. The van der Waals surface area contributed by atoms with Crippen molar-refractivity contribution in [1.29, 1.82) is 0 Å². The van der Waals surface area contributed by atoms with Gasteiger partial charge in [-0.2, -0.15) is 0 Å². The molecule has 1 aliphatic heterocycles. The molecule has 0 radical (unpaired) electrons. The molecule has 0 aliphatic carbocycles. The van der Waals surface area contributed by atoms with Crippen LogP contribution in [0.2, 0.25) is 0 Å². The summed E-state index contributed by atoms with van der Waals surface area (Å²) in [6.45, 7) is 3.45. The van der Waals surface area contributed by atoms with Crippen molar-refractivity contribution in [3.8, 4) is 11.5 Å². The molecule has 0 amide bonds. The predicted octanol–water partition coefficient (Wildman–Crippen LogP) is 3.35. The fourth-order valence-corrected chi connectivity index (χ4v) is 4.08. The molecule has 4 rings (SSSR count). The molecule has 0 unspecified atom stereocenters. The molecular formula is C25H23NO6. The number of carboxylic acids is 1. The van der Waals surface area contributed by atoms with Gasteiger partial charge in [0.05, 0.1) is 12.1 Å². The fraction of sp³-hybridized carbons (Fsp3) is 0.200. The number of hydrogen-bond donors (Lipinski definition) is 4. The molecule has 0 bridgehead atoms. The molecule has 164 valence electrons. The highest BCUT2D eigenvalue weighted by Crippen LogP contribution is 2.49. The highest BCUT2D eigenvalue weighted by molar-refractivity contribution is 5.98. The Morgan fingerprint density at radius 1 is 0.969 bits per heavy atom. The van der Waals surface area contributed by atoms with E-state index in [4.69, 9.17) is 9.84 Å². The maximum Gasteiger partial charge on any atom is 0.340 e. The quantitative estimate of drug-likeness (QED) is 0.441. The molecule has 1 aliphatic rings. The second kappa shape index (κ2) is 8.01. The van der Waals surface area contributed by atoms with Crippen molar-refractivity contribution in [3.63, 3.8) is 0 Å². The standard InChI is InChI=1S/C25H23NO6/c1-14-6-8-17(10-20(14)27)25(18-9-7-15(2)21(28)11-18)19-5-3-4-16(12-26-13-22(29)30)23(19)24(31)32-25/h3-11,26-28H,12-13H2,1-2H3,(H,29,30). The number of carboxylic acid groups (broad SMARTS) is 1. The third kappa shape index (κ3) is 3.46. The van der Waals surface area contributed by atoms with Crippen LogP contribution < -0.4 is 5.32 Å². The van der Waals surface area contributed by atoms with Crippen molar-refractivity contribution in [2.24, 2.45) is 0 Å². The van der Waals surface area contributed by atoms with E-state index >= 15 is 0 Å². The lowest BCUT2D eigenvalue weighted by Gasteiger charge is -2.31. The molecular weight excluding hydrogens is 410 g/mol. The van der Waals surface area contributed by atoms with E-state index in [-0.39, 0.29) is 24.6 Å². The average Bonchev–Trinajstić information content (AvgIpc) is 3.06. The van der Waals surface area contributed by atoms with E-state index in [0.717, 1.165) is 0 Å². The number of aryl methyl sites for hydroxylation is 2. The van der Waals surface area contributed by atoms with Crippen LogP contribution in [0, 0.1) is 13.8 Å². The number of fused-ring (bicyclic) bond motifs is 1. The molecule has 3 aromatic rings. The van der Waals surface area contributed by atoms with Crippen molar-refractivity contribution in [1.82, 2.24) is 5.32 Å². The van der Waals surface area contributed by atoms with E-state index in [2.05, 4.69) is 5.32 Å². The Morgan fingerprint density at radius 2 is 1.56 bits per heavy atom. The van der Waals surface area contributed by atoms with Crippen LogP contribution in [0.4, 0.5) is 0 Å². The van der Waals surface area contributed by atoms with Crippen LogP contribution in [0.3, 0.4) is 0 Å². The minimum atomic E-state index is -1.38. The number of benzene rings is 3. The van der Waals surface area contributed by atoms with Crippen molar-refractivity contribution in [2.45, 2.75) is 26.0 Å². The van der Waals surface area contributed by atoms with Crippen LogP contribution in [0.25, 0.3) is 0 Å². The van der Waals surface area contributed by atoms with Gasteiger partial charge in [-0.25, -0.2) is 4.79 Å². The zero-order valence-corrected chi connectivity index (χ0v) is 17.7. The number of ether oxygens (including phenoxy) is 1. The molecule has 1 heterocycles. The normalized spacial score (nSPS) is 14.1. The first-order chi connectivity index (χ1) is 15.2. The topological polar surface area (TPSA) is 116 Å². The minimum absolute atomic E-state index is 0.0574. The highest BCUT2D eigenvalue weighted by atomic mass is 16.6. The summed E-state index contributed by atoms with van der Waals surface area (Å²) in [5, 5.41) is 32.5. The van der Waals surface area contributed by atoms with Crippen LogP contribution in [-0.4, -0.2) is 33.8 Å². The van der Waals surface area contributed by atoms with Crippen molar-refractivity contribution >= 4 is 11.9 Å². The van der Waals surface area contributed by atoms with Crippen molar-refractivity contribution in [2.75, 3.05) is 6.54 Å². The van der Waals surface area contributed by atoms with Crippen LogP contribution >= 0.6 is 0 Å². The van der Waals surface area contributed by atoms with Gasteiger partial charge in [-0.1, -0.05) is 42.5 Å². The van der Waals surface area contributed by atoms with Crippen LogP contribution in [-0.2, 0) is 21.7 Å². The highest BCUT2D eigenvalue weighted by Gasteiger charge is 2.49. The lowest BCUT2D eigenvalue weighted by Crippen LogP contribution is -2.29. The summed E-state index contributed by atoms with van der Waals surface area (Å²) < 4.78 is 6.04. The maximum atomic E-state index is 13.2. The Balaban J connectivity index is 1.95. The van der Waals surface area contributed by atoms with Crippen LogP contribution in [0.1, 0.15) is 43.7 Å². The Morgan fingerprint density at radius 3 is 2.09 bits per heavy atom. The first-order valence-electron chi connectivity index (χ1n) is 10.1. The molecule has 7 nitrogen and oxygen atoms in total. The molecule has 0 fully saturated rings. The molecule has 0 saturated heterocycles. The van der Waals surface area contributed by atoms with Gasteiger partial charge in [-0.05, 0) is 42.7 Å². The fourth-order valence-electron chi connectivity index (χ4n) is 4.08. The van der Waals surface area contributed by atoms with Gasteiger partial charge in [0, 0.05) is 23.2 Å². The van der Waals surface area contributed by atoms with Gasteiger partial charge in [-0.15, -0.1) is 0 Å². The summed E-state index contributed by atoms with van der Waals surface area (Å²) in [6.07, 6.45) is 0. The van der Waals surface area contributed by atoms with E-state index in [1.807, 2.05) is 0 Å². The lowest BCUT2D eigenvalue weighted by atomic mass is 9.78. The van der Waals surface area contributed by atoms with E-state index in [1.165, 1.54) is 0 Å². The Bertz CT molecular complexity index is 1180. The summed E-state index contributed by atoms with van der Waals surface area (Å²) in [5.41, 5.74) is 2.53. The monoisotopic (exact) mass is 433 g/mol. The van der Waals surface area contributed by atoms with Gasteiger partial charge in [0.25, 0.3) is 0 Å². The first kappa shape index (κ1) is 21.4. The van der Waals surface area contributed by atoms with Crippen molar-refractivity contribution in [3.05, 3.63) is 93.5 Å². The second-order valence-corrected chi connectivity index (χ2v) is 7.91. The first-order valence-corrected chi connectivity index (χ1v) is 10.1. The number of cyclic esters (lactones) is 1. The summed E-state index contributed by atoms with van der Waals surface area (Å²) in [6, 6.07) is 15.4. The number of hydrogen-bond acceptors (Lipinski definition) is 6. The molecule has 7 heteroatoms. The number of carbonyl (C=O) groups excluding carboxylic acids is 1. The summed E-state index contributed by atoms with van der Waals surface area (Å²) in [4.78, 5) is 24.0. The number of phenols is 2. The van der Waals surface area contributed by atoms with E-state index in [9.17, 15) is 19.8 Å². The number of aliphatic carboxylic acids is 1. The van der Waals surface area contributed by atoms with Gasteiger partial charge in [-0.3, -0.25) is 4.79 Å². The second-order valence-electron chi connectivity index (χ2n) is 7.91. The van der Waals surface area contributed by atoms with Gasteiger partial charge in [0.2, 0.25) is 0 Å². The van der Waals surface area contributed by atoms with Gasteiger partial charge < -0.3 is 25.4 Å². The number of carbonyl (C=O) groups is 2. The number of esters is 1. The summed E-state index contributed by atoms with van der Waals surface area (Å²) >= 11 is 0. The summed E-state index contributed by atoms with van der Waals surface area (Å²) in [7, 11) is 0. The van der Waals surface area contributed by atoms with E-state index < -0.39 is 17.5 Å². The van der Waals surface area contributed by atoms with Gasteiger partial charge in [0.15, 0.2) is 5.60 Å². The SMILES string of the molecule is Cc1ccc(C2(c3ccc(C)c(O)c3)OC(=O)c3c(CNCC(=O)O)cccc32)cc1O. The smallest absolute Gasteiger partial charge is 0.340 e. The third-order valence-electron chi connectivity index (χ3n) is 5.80. The predicted molar refractivity (Wildman–Crippen MR) is 117 cm³/mol. The molecule has 0 saturated carbocycles. The molecule has 0 spiro atoms. The third-order valence-corrected chi connectivity index (χ3v) is 5.80. The molecule has 32 heavy (non-hydrogen) atoms. The lowest BCUT2D eigenvalue weighted by molar-refractivity contribution is -0.136.